The summed E-state index contributed by atoms with van der Waals surface area (Å²) in [5.41, 5.74) is 1.27. The molecule has 2 saturated heterocycles. The number of benzene rings is 1. The van der Waals surface area contributed by atoms with Crippen LogP contribution in [0.2, 0.25) is 0 Å². The number of rotatable bonds is 5. The number of hydrogen-bond donors (Lipinski definition) is 2. The van der Waals surface area contributed by atoms with Crippen molar-refractivity contribution in [3.8, 4) is 0 Å². The van der Waals surface area contributed by atoms with Crippen LogP contribution in [0.25, 0.3) is 0 Å². The van der Waals surface area contributed by atoms with Gasteiger partial charge < -0.3 is 15.5 Å². The minimum Gasteiger partial charge on any atom is -0.369 e. The third-order valence-corrected chi connectivity index (χ3v) is 5.28. The molecule has 2 amide bonds. The number of nitrogens with one attached hydrogen (secondary N) is 2. The highest BCUT2D eigenvalue weighted by atomic mass is 32.2. The van der Waals surface area contributed by atoms with Gasteiger partial charge in [-0.15, -0.1) is 0 Å². The SMILES string of the molecule is CC(CN1CCN(c2ccccc2)CC1)NC(=O)C1CSC(=O)N1. The van der Waals surface area contributed by atoms with Gasteiger partial charge in [-0.05, 0) is 19.1 Å². The molecule has 130 valence electrons. The molecule has 0 aromatic heterocycles. The van der Waals surface area contributed by atoms with Crippen LogP contribution >= 0.6 is 11.8 Å². The number of nitrogens with zero attached hydrogens (tertiary/aromatic N) is 2. The predicted molar refractivity (Wildman–Crippen MR) is 97.5 cm³/mol. The van der Waals surface area contributed by atoms with Crippen molar-refractivity contribution in [2.75, 3.05) is 43.4 Å². The molecule has 2 atom stereocenters. The van der Waals surface area contributed by atoms with Crippen LogP contribution in [-0.4, -0.2) is 66.6 Å². The average molecular weight is 348 g/mol. The Kier molecular flexibility index (Phi) is 5.63. The van der Waals surface area contributed by atoms with E-state index in [1.165, 1.54) is 17.4 Å². The lowest BCUT2D eigenvalue weighted by Gasteiger charge is -2.37. The Morgan fingerprint density at radius 1 is 1.29 bits per heavy atom. The molecular formula is C17H24N4O2S. The molecule has 0 aliphatic carbocycles. The van der Waals surface area contributed by atoms with Crippen molar-refractivity contribution >= 4 is 28.6 Å². The van der Waals surface area contributed by atoms with Gasteiger partial charge >= 0.3 is 0 Å². The second-order valence-corrected chi connectivity index (χ2v) is 7.32. The summed E-state index contributed by atoms with van der Waals surface area (Å²) in [5.74, 6) is 0.441. The molecule has 2 heterocycles. The molecule has 1 aromatic carbocycles. The molecule has 2 fully saturated rings. The van der Waals surface area contributed by atoms with Crippen molar-refractivity contribution in [3.05, 3.63) is 30.3 Å². The number of piperazine rings is 1. The van der Waals surface area contributed by atoms with E-state index in [1.807, 2.05) is 13.0 Å². The van der Waals surface area contributed by atoms with E-state index in [2.05, 4.69) is 44.7 Å². The van der Waals surface area contributed by atoms with Crippen LogP contribution in [0.5, 0.6) is 0 Å². The van der Waals surface area contributed by atoms with Crippen molar-refractivity contribution in [2.24, 2.45) is 0 Å². The van der Waals surface area contributed by atoms with E-state index in [-0.39, 0.29) is 23.2 Å². The van der Waals surface area contributed by atoms with Gasteiger partial charge in [0.25, 0.3) is 5.24 Å². The smallest absolute Gasteiger partial charge is 0.279 e. The zero-order valence-electron chi connectivity index (χ0n) is 13.9. The van der Waals surface area contributed by atoms with Gasteiger partial charge in [0, 0.05) is 50.2 Å². The summed E-state index contributed by atoms with van der Waals surface area (Å²) in [6, 6.07) is 10.1. The van der Waals surface area contributed by atoms with Crippen LogP contribution in [0.1, 0.15) is 6.92 Å². The van der Waals surface area contributed by atoms with E-state index in [1.54, 1.807) is 0 Å². The Labute approximate surface area is 146 Å². The van der Waals surface area contributed by atoms with Crippen molar-refractivity contribution in [1.29, 1.82) is 0 Å². The lowest BCUT2D eigenvalue weighted by molar-refractivity contribution is -0.123. The van der Waals surface area contributed by atoms with Crippen LogP contribution in [0, 0.1) is 0 Å². The van der Waals surface area contributed by atoms with E-state index in [0.29, 0.717) is 5.75 Å². The fourth-order valence-corrected chi connectivity index (χ4v) is 3.91. The van der Waals surface area contributed by atoms with Crippen molar-refractivity contribution in [3.63, 3.8) is 0 Å². The lowest BCUT2D eigenvalue weighted by Crippen LogP contribution is -2.53. The van der Waals surface area contributed by atoms with Crippen molar-refractivity contribution in [2.45, 2.75) is 19.0 Å². The Morgan fingerprint density at radius 2 is 2.00 bits per heavy atom. The third-order valence-electron chi connectivity index (χ3n) is 4.40. The van der Waals surface area contributed by atoms with Crippen LogP contribution in [0.4, 0.5) is 10.5 Å². The molecule has 24 heavy (non-hydrogen) atoms. The molecule has 3 rings (SSSR count). The quantitative estimate of drug-likeness (QED) is 0.835. The summed E-state index contributed by atoms with van der Waals surface area (Å²) in [5, 5.41) is 5.58. The second kappa shape index (κ2) is 7.90. The van der Waals surface area contributed by atoms with Crippen LogP contribution in [0.3, 0.4) is 0 Å². The molecule has 2 aliphatic rings. The Bertz CT molecular complexity index is 575. The van der Waals surface area contributed by atoms with Gasteiger partial charge in [0.05, 0.1) is 0 Å². The third kappa shape index (κ3) is 4.42. The summed E-state index contributed by atoms with van der Waals surface area (Å²) in [6.45, 7) is 6.84. The molecule has 2 unspecified atom stereocenters. The average Bonchev–Trinajstić information content (AvgIpc) is 3.03. The molecular weight excluding hydrogens is 324 g/mol. The fraction of sp³-hybridized carbons (Fsp3) is 0.529. The Balaban J connectivity index is 1.41. The van der Waals surface area contributed by atoms with Gasteiger partial charge in [0.2, 0.25) is 5.91 Å². The second-order valence-electron chi connectivity index (χ2n) is 6.33. The molecule has 0 radical (unpaired) electrons. The summed E-state index contributed by atoms with van der Waals surface area (Å²) < 4.78 is 0. The minimum atomic E-state index is -0.389. The molecule has 6 nitrogen and oxygen atoms in total. The number of para-hydroxylation sites is 1. The van der Waals surface area contributed by atoms with Crippen LogP contribution in [0.15, 0.2) is 30.3 Å². The van der Waals surface area contributed by atoms with E-state index in [0.717, 1.165) is 32.7 Å². The standard InChI is InChI=1S/C17H24N4O2S/c1-13(18-16(22)15-12-24-17(23)19-15)11-20-7-9-21(10-8-20)14-5-3-2-4-6-14/h2-6,13,15H,7-12H2,1H3,(H,18,22)(H,19,23). The molecule has 7 heteroatoms. The summed E-state index contributed by atoms with van der Waals surface area (Å²) in [6.07, 6.45) is 0. The monoisotopic (exact) mass is 348 g/mol. The Morgan fingerprint density at radius 3 is 2.62 bits per heavy atom. The van der Waals surface area contributed by atoms with Gasteiger partial charge in [-0.25, -0.2) is 0 Å². The highest BCUT2D eigenvalue weighted by molar-refractivity contribution is 8.14. The van der Waals surface area contributed by atoms with Gasteiger partial charge in [-0.3, -0.25) is 14.5 Å². The van der Waals surface area contributed by atoms with E-state index in [4.69, 9.17) is 0 Å². The molecule has 0 spiro atoms. The molecule has 0 bridgehead atoms. The largest absolute Gasteiger partial charge is 0.369 e. The van der Waals surface area contributed by atoms with Gasteiger partial charge in [0.1, 0.15) is 6.04 Å². The maximum absolute atomic E-state index is 12.1. The van der Waals surface area contributed by atoms with Crippen LogP contribution < -0.4 is 15.5 Å². The first kappa shape index (κ1) is 17.1. The number of thioether (sulfide) groups is 1. The van der Waals surface area contributed by atoms with E-state index < -0.39 is 0 Å². The van der Waals surface area contributed by atoms with Gasteiger partial charge in [0.15, 0.2) is 0 Å². The molecule has 2 aliphatic heterocycles. The molecule has 0 saturated carbocycles. The van der Waals surface area contributed by atoms with Crippen LogP contribution in [-0.2, 0) is 4.79 Å². The first-order valence-electron chi connectivity index (χ1n) is 8.38. The van der Waals surface area contributed by atoms with E-state index >= 15 is 0 Å². The number of anilines is 1. The Hall–Kier alpha value is -1.73. The normalized spacial score (nSPS) is 23.0. The molecule has 2 N–H and O–H groups in total. The van der Waals surface area contributed by atoms with Gasteiger partial charge in [-0.1, -0.05) is 30.0 Å². The lowest BCUT2D eigenvalue weighted by atomic mass is 10.2. The maximum atomic E-state index is 12.1. The van der Waals surface area contributed by atoms with E-state index in [9.17, 15) is 9.59 Å². The zero-order valence-corrected chi connectivity index (χ0v) is 14.7. The summed E-state index contributed by atoms with van der Waals surface area (Å²) >= 11 is 1.17. The maximum Gasteiger partial charge on any atom is 0.279 e. The predicted octanol–water partition coefficient (Wildman–Crippen LogP) is 1.14. The van der Waals surface area contributed by atoms with Gasteiger partial charge in [-0.2, -0.15) is 0 Å². The zero-order chi connectivity index (χ0) is 16.9. The highest BCUT2D eigenvalue weighted by Gasteiger charge is 2.29. The first-order valence-corrected chi connectivity index (χ1v) is 9.36. The first-order chi connectivity index (χ1) is 11.6. The number of hydrogen-bond acceptors (Lipinski definition) is 5. The molecule has 1 aromatic rings. The van der Waals surface area contributed by atoms with Crippen molar-refractivity contribution < 1.29 is 9.59 Å². The minimum absolute atomic E-state index is 0.0725. The number of carbonyl (C=O) groups is 2. The number of amides is 2. The topological polar surface area (TPSA) is 64.7 Å². The summed E-state index contributed by atoms with van der Waals surface area (Å²) in [4.78, 5) is 28.1. The highest BCUT2D eigenvalue weighted by Crippen LogP contribution is 2.16. The number of carbonyl (C=O) groups excluding carboxylic acids is 2. The fourth-order valence-electron chi connectivity index (χ4n) is 3.13. The van der Waals surface area contributed by atoms with Crippen molar-refractivity contribution in [1.82, 2.24) is 15.5 Å². The summed E-state index contributed by atoms with van der Waals surface area (Å²) in [7, 11) is 0.